The number of aliphatic carboxylic acids is 1. The van der Waals surface area contributed by atoms with E-state index in [1.165, 1.54) is 0 Å². The summed E-state index contributed by atoms with van der Waals surface area (Å²) < 4.78 is 0. The molecule has 1 fully saturated rings. The summed E-state index contributed by atoms with van der Waals surface area (Å²) in [5.41, 5.74) is 8.03. The molecular weight excluding hydrogens is 510 g/mol. The fourth-order valence-corrected chi connectivity index (χ4v) is 5.14. The van der Waals surface area contributed by atoms with E-state index in [0.717, 1.165) is 11.1 Å². The maximum atomic E-state index is 11.7. The van der Waals surface area contributed by atoms with Crippen molar-refractivity contribution in [2.24, 2.45) is 23.5 Å². The summed E-state index contributed by atoms with van der Waals surface area (Å²) >= 11 is 12.5. The lowest BCUT2D eigenvalue weighted by Crippen LogP contribution is -2.45. The highest BCUT2D eigenvalue weighted by Crippen LogP contribution is 2.35. The second-order valence-electron chi connectivity index (χ2n) is 7.88. The summed E-state index contributed by atoms with van der Waals surface area (Å²) in [6.45, 7) is 1.63. The Morgan fingerprint density at radius 1 is 1.23 bits per heavy atom. The normalized spacial score (nSPS) is 24.0. The van der Waals surface area contributed by atoms with Gasteiger partial charge in [0.2, 0.25) is 0 Å². The quantitative estimate of drug-likeness (QED) is 0.292. The van der Waals surface area contributed by atoms with Gasteiger partial charge in [-0.15, -0.1) is 37.2 Å². The Bertz CT molecular complexity index is 734. The smallest absolute Gasteiger partial charge is 0.469 e. The number of fused-ring (bicyclic) bond motifs is 1. The van der Waals surface area contributed by atoms with E-state index in [0.29, 0.717) is 48.9 Å². The molecule has 3 unspecified atom stereocenters. The van der Waals surface area contributed by atoms with Crippen LogP contribution >= 0.6 is 60.4 Å². The Kier molecular flexibility index (Phi) is 13.7. The summed E-state index contributed by atoms with van der Waals surface area (Å²) in [7, 11) is -1.63. The number of halogens is 5. The molecule has 1 aromatic carbocycles. The van der Waals surface area contributed by atoms with Gasteiger partial charge in [-0.3, -0.25) is 4.79 Å². The van der Waals surface area contributed by atoms with Crippen LogP contribution in [0, 0.1) is 17.8 Å². The lowest BCUT2D eigenvalue weighted by molar-refractivity contribution is -0.143. The van der Waals surface area contributed by atoms with Crippen LogP contribution in [0.2, 0.25) is 10.0 Å². The third kappa shape index (κ3) is 7.78. The van der Waals surface area contributed by atoms with E-state index in [-0.39, 0.29) is 55.1 Å². The van der Waals surface area contributed by atoms with Crippen LogP contribution in [0.15, 0.2) is 12.1 Å². The van der Waals surface area contributed by atoms with Crippen molar-refractivity contribution < 1.29 is 19.9 Å². The first kappa shape index (κ1) is 31.0. The minimum absolute atomic E-state index is 0. The molecule has 5 atom stereocenters. The molecule has 0 aromatic heterocycles. The van der Waals surface area contributed by atoms with Crippen molar-refractivity contribution in [3.05, 3.63) is 33.3 Å². The molecule has 0 saturated carbocycles. The summed E-state index contributed by atoms with van der Waals surface area (Å²) in [5, 5.41) is 36.3. The van der Waals surface area contributed by atoms with Crippen LogP contribution in [0.5, 0.6) is 0 Å². The fourth-order valence-electron chi connectivity index (χ4n) is 4.53. The molecule has 31 heavy (non-hydrogen) atoms. The van der Waals surface area contributed by atoms with Gasteiger partial charge in [-0.1, -0.05) is 23.2 Å². The molecule has 7 N–H and O–H groups in total. The Labute approximate surface area is 211 Å². The lowest BCUT2D eigenvalue weighted by atomic mass is 9.69. The summed E-state index contributed by atoms with van der Waals surface area (Å²) in [6.07, 6.45) is 1.72. The monoisotopic (exact) mass is 537 g/mol. The van der Waals surface area contributed by atoms with Crippen molar-refractivity contribution in [3.63, 3.8) is 0 Å². The van der Waals surface area contributed by atoms with Crippen LogP contribution in [0.1, 0.15) is 24.0 Å². The minimum Gasteiger partial charge on any atom is -0.481 e. The number of rotatable bonds is 7. The second-order valence-corrected chi connectivity index (χ2v) is 8.73. The van der Waals surface area contributed by atoms with Gasteiger partial charge in [-0.2, -0.15) is 0 Å². The molecule has 13 heteroatoms. The van der Waals surface area contributed by atoms with Crippen molar-refractivity contribution >= 4 is 73.5 Å². The zero-order chi connectivity index (χ0) is 20.4. The Hall–Kier alpha value is 0.00494. The SMILES string of the molecule is Cl.Cl.Cl.N[C@H](C[C@@H](CC1Cc2c(Cl)cc(Cl)cc2CN1)C1CNCC1C(=O)O)B(O)O. The van der Waals surface area contributed by atoms with Gasteiger partial charge in [-0.25, -0.2) is 0 Å². The van der Waals surface area contributed by atoms with Crippen molar-refractivity contribution in [2.75, 3.05) is 13.1 Å². The van der Waals surface area contributed by atoms with Crippen LogP contribution in [0.3, 0.4) is 0 Å². The number of nitrogens with two attached hydrogens (primary N) is 1. The number of carboxylic acids is 1. The number of benzene rings is 1. The molecule has 2 aliphatic rings. The van der Waals surface area contributed by atoms with E-state index in [1.807, 2.05) is 6.07 Å². The van der Waals surface area contributed by atoms with Gasteiger partial charge >= 0.3 is 13.1 Å². The largest absolute Gasteiger partial charge is 0.481 e. The molecule has 0 aliphatic carbocycles. The van der Waals surface area contributed by atoms with Gasteiger partial charge in [0.1, 0.15) is 0 Å². The average Bonchev–Trinajstić information content (AvgIpc) is 3.11. The van der Waals surface area contributed by atoms with E-state index in [4.69, 9.17) is 28.9 Å². The lowest BCUT2D eigenvalue weighted by Gasteiger charge is -2.34. The van der Waals surface area contributed by atoms with E-state index in [1.54, 1.807) is 6.07 Å². The van der Waals surface area contributed by atoms with Crippen molar-refractivity contribution in [1.82, 2.24) is 10.6 Å². The predicted octanol–water partition coefficient (Wildman–Crippen LogP) is 1.93. The zero-order valence-corrected chi connectivity index (χ0v) is 20.6. The van der Waals surface area contributed by atoms with Gasteiger partial charge in [0.15, 0.2) is 0 Å². The summed E-state index contributed by atoms with van der Waals surface area (Å²) in [4.78, 5) is 11.7. The van der Waals surface area contributed by atoms with Crippen LogP contribution < -0.4 is 16.4 Å². The molecule has 0 bridgehead atoms. The van der Waals surface area contributed by atoms with Gasteiger partial charge in [0.25, 0.3) is 0 Å². The average molecular weight is 540 g/mol. The van der Waals surface area contributed by atoms with Gasteiger partial charge in [0.05, 0.1) is 5.92 Å². The second kappa shape index (κ2) is 13.6. The molecule has 0 amide bonds. The first-order valence-corrected chi connectivity index (χ1v) is 10.3. The minimum atomic E-state index is -1.63. The predicted molar refractivity (Wildman–Crippen MR) is 131 cm³/mol. The topological polar surface area (TPSA) is 128 Å². The maximum Gasteiger partial charge on any atom is 0.469 e. The number of nitrogens with one attached hydrogen (secondary N) is 2. The number of carboxylic acid groups (broad SMARTS) is 1. The molecule has 3 rings (SSSR count). The molecule has 178 valence electrons. The number of hydrogen-bond donors (Lipinski definition) is 6. The summed E-state index contributed by atoms with van der Waals surface area (Å²) in [6, 6.07) is 3.73. The highest BCUT2D eigenvalue weighted by Gasteiger charge is 2.40. The van der Waals surface area contributed by atoms with E-state index in [2.05, 4.69) is 10.6 Å². The third-order valence-electron chi connectivity index (χ3n) is 6.01. The van der Waals surface area contributed by atoms with Crippen molar-refractivity contribution in [1.29, 1.82) is 0 Å². The molecule has 2 aliphatic heterocycles. The Balaban J connectivity index is 0.00000300. The standard InChI is InChI=1S/C18H26BCl2N3O4.3ClH/c20-11-1-10-6-24-12(5-13(10)16(21)4-11)2-9(3-17(22)19(27)28)14-7-23-8-15(14)18(25)26;;;/h1,4,9,12,14-15,17,23-24,27-28H,2-3,5-8,22H2,(H,25,26);3*1H/t9-,12?,14?,15?,17-;;;/m1.../s1. The molecule has 2 heterocycles. The fraction of sp³-hybridized carbons (Fsp3) is 0.611. The molecule has 0 spiro atoms. The van der Waals surface area contributed by atoms with E-state index >= 15 is 0 Å². The van der Waals surface area contributed by atoms with Crippen molar-refractivity contribution in [3.8, 4) is 0 Å². The number of carbonyl (C=O) groups is 1. The van der Waals surface area contributed by atoms with Gasteiger partial charge in [0, 0.05) is 35.1 Å². The van der Waals surface area contributed by atoms with E-state index < -0.39 is 24.9 Å². The van der Waals surface area contributed by atoms with E-state index in [9.17, 15) is 19.9 Å². The highest BCUT2D eigenvalue weighted by atomic mass is 35.5. The maximum absolute atomic E-state index is 11.7. The Morgan fingerprint density at radius 3 is 2.52 bits per heavy atom. The molecular formula is C18H29BCl5N3O4. The Morgan fingerprint density at radius 2 is 1.90 bits per heavy atom. The highest BCUT2D eigenvalue weighted by molar-refractivity contribution is 6.43. The first-order valence-electron chi connectivity index (χ1n) is 9.51. The van der Waals surface area contributed by atoms with Crippen molar-refractivity contribution in [2.45, 2.75) is 37.8 Å². The van der Waals surface area contributed by atoms with Crippen LogP contribution in [-0.4, -0.2) is 53.3 Å². The molecule has 1 aromatic rings. The van der Waals surface area contributed by atoms with Gasteiger partial charge < -0.3 is 31.5 Å². The van der Waals surface area contributed by atoms with Crippen LogP contribution in [0.25, 0.3) is 0 Å². The molecule has 0 radical (unpaired) electrons. The summed E-state index contributed by atoms with van der Waals surface area (Å²) in [5.74, 6) is -2.36. The number of hydrogen-bond acceptors (Lipinski definition) is 6. The zero-order valence-electron chi connectivity index (χ0n) is 16.7. The molecule has 7 nitrogen and oxygen atoms in total. The van der Waals surface area contributed by atoms with Crippen LogP contribution in [-0.2, 0) is 17.8 Å². The first-order chi connectivity index (χ1) is 13.3. The molecule has 1 saturated heterocycles. The van der Waals surface area contributed by atoms with Crippen LogP contribution in [0.4, 0.5) is 0 Å². The van der Waals surface area contributed by atoms with Gasteiger partial charge in [-0.05, 0) is 60.9 Å². The third-order valence-corrected chi connectivity index (χ3v) is 6.57.